The van der Waals surface area contributed by atoms with Crippen molar-refractivity contribution in [2.24, 2.45) is 0 Å². The molecule has 0 aliphatic rings. The minimum Gasteiger partial charge on any atom is -0.493 e. The van der Waals surface area contributed by atoms with Crippen molar-refractivity contribution in [2.45, 2.75) is 13.5 Å². The van der Waals surface area contributed by atoms with Crippen LogP contribution in [0.15, 0.2) is 48.5 Å². The molecule has 2 aromatic carbocycles. The Morgan fingerprint density at radius 2 is 1.74 bits per heavy atom. The van der Waals surface area contributed by atoms with Crippen molar-refractivity contribution >= 4 is 17.7 Å². The highest BCUT2D eigenvalue weighted by molar-refractivity contribution is 5.91. The first-order chi connectivity index (χ1) is 12.9. The predicted molar refractivity (Wildman–Crippen MR) is 110 cm³/mol. The highest BCUT2D eigenvalue weighted by Crippen LogP contribution is 2.28. The zero-order valence-electron chi connectivity index (χ0n) is 16.7. The van der Waals surface area contributed by atoms with Crippen molar-refractivity contribution in [1.82, 2.24) is 4.90 Å². The van der Waals surface area contributed by atoms with E-state index >= 15 is 0 Å². The van der Waals surface area contributed by atoms with Crippen LogP contribution in [0.2, 0.25) is 0 Å². The minimum atomic E-state index is -0.0551. The van der Waals surface area contributed by atoms with Gasteiger partial charge >= 0.3 is 0 Å². The lowest BCUT2D eigenvalue weighted by molar-refractivity contribution is -0.125. The molecule has 0 atom stereocenters. The van der Waals surface area contributed by atoms with Crippen molar-refractivity contribution in [2.75, 3.05) is 39.8 Å². The summed E-state index contributed by atoms with van der Waals surface area (Å²) < 4.78 is 10.8. The Kier molecular flexibility index (Phi) is 7.29. The van der Waals surface area contributed by atoms with Gasteiger partial charge < -0.3 is 19.3 Å². The minimum absolute atomic E-state index is 0.0551. The van der Waals surface area contributed by atoms with Crippen molar-refractivity contribution in [1.29, 1.82) is 0 Å². The molecule has 144 valence electrons. The van der Waals surface area contributed by atoms with Gasteiger partial charge in [0.25, 0.3) is 0 Å². The SMILES string of the molecule is CCOc1cc(/C=C/C(=O)N(C)Cc2ccc(N(C)C)cc2)ccc1OC. The van der Waals surface area contributed by atoms with E-state index in [-0.39, 0.29) is 5.91 Å². The summed E-state index contributed by atoms with van der Waals surface area (Å²) in [5.74, 6) is 1.29. The molecule has 2 aromatic rings. The number of carbonyl (C=O) groups excluding carboxylic acids is 1. The molecule has 0 radical (unpaired) electrons. The lowest BCUT2D eigenvalue weighted by Gasteiger charge is -2.17. The average molecular weight is 368 g/mol. The Labute approximate surface area is 161 Å². The third kappa shape index (κ3) is 5.78. The Balaban J connectivity index is 2.01. The topological polar surface area (TPSA) is 42.0 Å². The third-order valence-corrected chi connectivity index (χ3v) is 4.15. The smallest absolute Gasteiger partial charge is 0.246 e. The summed E-state index contributed by atoms with van der Waals surface area (Å²) >= 11 is 0. The van der Waals surface area contributed by atoms with Crippen LogP contribution in [0.3, 0.4) is 0 Å². The van der Waals surface area contributed by atoms with Crippen LogP contribution in [0.5, 0.6) is 11.5 Å². The first kappa shape index (κ1) is 20.4. The quantitative estimate of drug-likeness (QED) is 0.664. The van der Waals surface area contributed by atoms with E-state index in [2.05, 4.69) is 12.1 Å². The molecule has 2 rings (SSSR count). The van der Waals surface area contributed by atoms with Crippen molar-refractivity contribution in [3.8, 4) is 11.5 Å². The molecule has 5 heteroatoms. The highest BCUT2D eigenvalue weighted by Gasteiger charge is 2.08. The number of hydrogen-bond acceptors (Lipinski definition) is 4. The van der Waals surface area contributed by atoms with Crippen LogP contribution in [-0.2, 0) is 11.3 Å². The van der Waals surface area contributed by atoms with Gasteiger partial charge in [0, 0.05) is 39.5 Å². The molecule has 0 aliphatic carbocycles. The number of anilines is 1. The van der Waals surface area contributed by atoms with Gasteiger partial charge in [-0.05, 0) is 48.4 Å². The fourth-order valence-corrected chi connectivity index (χ4v) is 2.61. The van der Waals surface area contributed by atoms with Crippen LogP contribution in [0, 0.1) is 0 Å². The number of ether oxygens (including phenoxy) is 2. The molecule has 5 nitrogen and oxygen atoms in total. The summed E-state index contributed by atoms with van der Waals surface area (Å²) in [6.45, 7) is 3.03. The van der Waals surface area contributed by atoms with Crippen LogP contribution in [-0.4, -0.2) is 45.7 Å². The molecule has 0 heterocycles. The fraction of sp³-hybridized carbons (Fsp3) is 0.318. The third-order valence-electron chi connectivity index (χ3n) is 4.15. The van der Waals surface area contributed by atoms with Crippen LogP contribution in [0.25, 0.3) is 6.08 Å². The normalized spacial score (nSPS) is 10.7. The molecule has 27 heavy (non-hydrogen) atoms. The molecular formula is C22H28N2O3. The lowest BCUT2D eigenvalue weighted by atomic mass is 10.1. The molecule has 0 unspecified atom stereocenters. The van der Waals surface area contributed by atoms with E-state index in [1.165, 1.54) is 0 Å². The zero-order valence-corrected chi connectivity index (χ0v) is 16.7. The number of methoxy groups -OCH3 is 1. The second-order valence-corrected chi connectivity index (χ2v) is 6.43. The monoisotopic (exact) mass is 368 g/mol. The molecule has 0 saturated heterocycles. The Morgan fingerprint density at radius 1 is 1.04 bits per heavy atom. The van der Waals surface area contributed by atoms with Crippen molar-refractivity contribution in [3.63, 3.8) is 0 Å². The standard InChI is InChI=1S/C22H28N2O3/c1-6-27-21-15-17(9-13-20(21)26-5)10-14-22(25)24(4)16-18-7-11-19(12-8-18)23(2)3/h7-15H,6,16H2,1-5H3/b14-10+. The molecule has 1 amide bonds. The van der Waals surface area contributed by atoms with Gasteiger partial charge in [-0.3, -0.25) is 4.79 Å². The number of carbonyl (C=O) groups is 1. The van der Waals surface area contributed by atoms with Gasteiger partial charge in [0.1, 0.15) is 0 Å². The number of hydrogen-bond donors (Lipinski definition) is 0. The Morgan fingerprint density at radius 3 is 2.33 bits per heavy atom. The fourth-order valence-electron chi connectivity index (χ4n) is 2.61. The maximum atomic E-state index is 12.4. The summed E-state index contributed by atoms with van der Waals surface area (Å²) in [4.78, 5) is 16.1. The average Bonchev–Trinajstić information content (AvgIpc) is 2.67. The Bertz CT molecular complexity index is 783. The van der Waals surface area contributed by atoms with Gasteiger partial charge in [-0.15, -0.1) is 0 Å². The molecule has 0 saturated carbocycles. The summed E-state index contributed by atoms with van der Waals surface area (Å²) in [6, 6.07) is 13.8. The number of rotatable bonds is 8. The van der Waals surface area contributed by atoms with E-state index in [1.54, 1.807) is 31.2 Å². The maximum absolute atomic E-state index is 12.4. The van der Waals surface area contributed by atoms with Gasteiger partial charge in [0.2, 0.25) is 5.91 Å². The molecule has 0 aromatic heterocycles. The summed E-state index contributed by atoms with van der Waals surface area (Å²) in [5, 5.41) is 0. The van der Waals surface area contributed by atoms with Crippen molar-refractivity contribution < 1.29 is 14.3 Å². The van der Waals surface area contributed by atoms with Gasteiger partial charge in [-0.1, -0.05) is 18.2 Å². The molecular weight excluding hydrogens is 340 g/mol. The molecule has 0 spiro atoms. The number of likely N-dealkylation sites (N-methyl/N-ethyl adjacent to an activating group) is 1. The lowest BCUT2D eigenvalue weighted by Crippen LogP contribution is -2.24. The second-order valence-electron chi connectivity index (χ2n) is 6.43. The van der Waals surface area contributed by atoms with E-state index in [1.807, 2.05) is 56.3 Å². The maximum Gasteiger partial charge on any atom is 0.246 e. The number of benzene rings is 2. The number of nitrogens with zero attached hydrogens (tertiary/aromatic N) is 2. The highest BCUT2D eigenvalue weighted by atomic mass is 16.5. The van der Waals surface area contributed by atoms with E-state index in [4.69, 9.17) is 9.47 Å². The summed E-state index contributed by atoms with van der Waals surface area (Å²) in [7, 11) is 7.42. The van der Waals surface area contributed by atoms with E-state index in [0.717, 1.165) is 16.8 Å². The van der Waals surface area contributed by atoms with Crippen LogP contribution < -0.4 is 14.4 Å². The predicted octanol–water partition coefficient (Wildman–Crippen LogP) is 3.83. The van der Waals surface area contributed by atoms with Gasteiger partial charge in [0.05, 0.1) is 13.7 Å². The number of amides is 1. The summed E-state index contributed by atoms with van der Waals surface area (Å²) in [6.07, 6.45) is 3.36. The van der Waals surface area contributed by atoms with E-state index < -0.39 is 0 Å². The van der Waals surface area contributed by atoms with Gasteiger partial charge in [0.15, 0.2) is 11.5 Å². The molecule has 0 aliphatic heterocycles. The van der Waals surface area contributed by atoms with Crippen LogP contribution >= 0.6 is 0 Å². The van der Waals surface area contributed by atoms with Gasteiger partial charge in [-0.25, -0.2) is 0 Å². The molecule has 0 N–H and O–H groups in total. The van der Waals surface area contributed by atoms with Gasteiger partial charge in [-0.2, -0.15) is 0 Å². The summed E-state index contributed by atoms with van der Waals surface area (Å²) in [5.41, 5.74) is 3.11. The van der Waals surface area contributed by atoms with Crippen LogP contribution in [0.4, 0.5) is 5.69 Å². The second kappa shape index (κ2) is 9.67. The Hall–Kier alpha value is -2.95. The first-order valence-corrected chi connectivity index (χ1v) is 8.95. The zero-order chi connectivity index (χ0) is 19.8. The van der Waals surface area contributed by atoms with Crippen molar-refractivity contribution in [3.05, 3.63) is 59.7 Å². The molecule has 0 fully saturated rings. The first-order valence-electron chi connectivity index (χ1n) is 8.95. The molecule has 0 bridgehead atoms. The van der Waals surface area contributed by atoms with E-state index in [9.17, 15) is 4.79 Å². The van der Waals surface area contributed by atoms with E-state index in [0.29, 0.717) is 24.7 Å². The van der Waals surface area contributed by atoms with Crippen LogP contribution in [0.1, 0.15) is 18.1 Å². The largest absolute Gasteiger partial charge is 0.493 e.